The lowest BCUT2D eigenvalue weighted by Crippen LogP contribution is -2.08. The third kappa shape index (κ3) is 2.59. The summed E-state index contributed by atoms with van der Waals surface area (Å²) in [5, 5.41) is 15.7. The second-order valence-corrected chi connectivity index (χ2v) is 2.67. The predicted molar refractivity (Wildman–Crippen MR) is 50.3 cm³/mol. The number of hydrogen-bond acceptors (Lipinski definition) is 5. The molecule has 0 radical (unpaired) electrons. The minimum absolute atomic E-state index is 0.0147. The first-order chi connectivity index (χ1) is 6.27. The fraction of sp³-hybridized carbons (Fsp3) is 0.714. The number of aliphatic hydroxyl groups excluding tert-OH is 1. The molecule has 0 bridgehead atoms. The lowest BCUT2D eigenvalue weighted by atomic mass is 10.5. The van der Waals surface area contributed by atoms with Crippen LogP contribution in [0.2, 0.25) is 0 Å². The van der Waals surface area contributed by atoms with Gasteiger partial charge < -0.3 is 16.2 Å². The molecule has 0 fully saturated rings. The first kappa shape index (κ1) is 9.79. The third-order valence-electron chi connectivity index (χ3n) is 1.55. The van der Waals surface area contributed by atoms with Crippen LogP contribution in [0, 0.1) is 0 Å². The number of anilines is 2. The van der Waals surface area contributed by atoms with E-state index in [2.05, 4.69) is 22.3 Å². The molecule has 1 aromatic heterocycles. The van der Waals surface area contributed by atoms with Crippen LogP contribution in [-0.2, 0) is 6.54 Å². The van der Waals surface area contributed by atoms with Crippen molar-refractivity contribution in [3.8, 4) is 0 Å². The summed E-state index contributed by atoms with van der Waals surface area (Å²) in [5.41, 5.74) is 5.54. The van der Waals surface area contributed by atoms with Crippen molar-refractivity contribution < 1.29 is 5.11 Å². The highest BCUT2D eigenvalue weighted by Crippen LogP contribution is 2.04. The van der Waals surface area contributed by atoms with Crippen molar-refractivity contribution in [2.75, 3.05) is 24.2 Å². The Kier molecular flexibility index (Phi) is 3.51. The molecule has 1 aromatic rings. The van der Waals surface area contributed by atoms with E-state index in [0.29, 0.717) is 18.4 Å². The van der Waals surface area contributed by atoms with E-state index in [-0.39, 0.29) is 6.61 Å². The summed E-state index contributed by atoms with van der Waals surface area (Å²) in [6.45, 7) is 3.27. The number of aromatic nitrogens is 3. The lowest BCUT2D eigenvalue weighted by molar-refractivity contribution is 0.270. The maximum Gasteiger partial charge on any atom is 0.243 e. The van der Waals surface area contributed by atoms with Gasteiger partial charge in [0.15, 0.2) is 0 Å². The molecule has 1 heterocycles. The zero-order valence-electron chi connectivity index (χ0n) is 7.69. The van der Waals surface area contributed by atoms with Gasteiger partial charge in [-0.1, -0.05) is 6.92 Å². The van der Waals surface area contributed by atoms with Gasteiger partial charge >= 0.3 is 0 Å². The summed E-state index contributed by atoms with van der Waals surface area (Å²) >= 11 is 0. The zero-order valence-corrected chi connectivity index (χ0v) is 7.69. The Morgan fingerprint density at radius 1 is 1.62 bits per heavy atom. The van der Waals surface area contributed by atoms with E-state index in [4.69, 9.17) is 10.8 Å². The molecule has 6 nitrogen and oxygen atoms in total. The van der Waals surface area contributed by atoms with Crippen LogP contribution in [-0.4, -0.2) is 33.0 Å². The maximum absolute atomic E-state index is 8.66. The summed E-state index contributed by atoms with van der Waals surface area (Å²) in [5.74, 6) is 0.848. The molecule has 1 rings (SSSR count). The molecule has 0 unspecified atom stereocenters. The van der Waals surface area contributed by atoms with Crippen LogP contribution < -0.4 is 11.1 Å². The molecule has 0 saturated carbocycles. The van der Waals surface area contributed by atoms with Crippen molar-refractivity contribution in [3.63, 3.8) is 0 Å². The van der Waals surface area contributed by atoms with Crippen LogP contribution in [0.5, 0.6) is 0 Å². The highest BCUT2D eigenvalue weighted by molar-refractivity contribution is 5.31. The molecule has 6 heteroatoms. The fourth-order valence-corrected chi connectivity index (χ4v) is 0.925. The van der Waals surface area contributed by atoms with Gasteiger partial charge in [-0.3, -0.25) is 0 Å². The van der Waals surface area contributed by atoms with Gasteiger partial charge in [-0.15, -0.1) is 5.10 Å². The number of nitrogens with one attached hydrogen (secondary N) is 1. The normalized spacial score (nSPS) is 10.3. The van der Waals surface area contributed by atoms with Crippen LogP contribution in [0.25, 0.3) is 0 Å². The minimum atomic E-state index is 0.0147. The molecule has 0 aromatic carbocycles. The Hall–Kier alpha value is -1.30. The van der Waals surface area contributed by atoms with E-state index < -0.39 is 0 Å². The lowest BCUT2D eigenvalue weighted by Gasteiger charge is -1.97. The van der Waals surface area contributed by atoms with Gasteiger partial charge in [0, 0.05) is 6.54 Å². The minimum Gasteiger partial charge on any atom is -0.394 e. The van der Waals surface area contributed by atoms with Crippen molar-refractivity contribution in [1.82, 2.24) is 14.8 Å². The summed E-state index contributed by atoms with van der Waals surface area (Å²) in [6.07, 6.45) is 1.01. The first-order valence-electron chi connectivity index (χ1n) is 4.33. The average molecular weight is 185 g/mol. The standard InChI is InChI=1S/C7H15N5O/c1-2-3-9-7-10-6(8)12(11-7)4-5-13/h13H,2-5H2,1H3,(H3,8,9,10,11). The van der Waals surface area contributed by atoms with E-state index >= 15 is 0 Å². The second-order valence-electron chi connectivity index (χ2n) is 2.67. The number of rotatable bonds is 5. The van der Waals surface area contributed by atoms with Gasteiger partial charge in [0.2, 0.25) is 11.9 Å². The highest BCUT2D eigenvalue weighted by Gasteiger charge is 2.04. The number of nitrogens with two attached hydrogens (primary N) is 1. The Morgan fingerprint density at radius 3 is 3.00 bits per heavy atom. The second kappa shape index (κ2) is 4.66. The topological polar surface area (TPSA) is 89.0 Å². The molecule has 4 N–H and O–H groups in total. The Balaban J connectivity index is 2.59. The van der Waals surface area contributed by atoms with E-state index in [1.54, 1.807) is 0 Å². The van der Waals surface area contributed by atoms with E-state index in [0.717, 1.165) is 13.0 Å². The quantitative estimate of drug-likeness (QED) is 0.584. The number of aliphatic hydroxyl groups is 1. The zero-order chi connectivity index (χ0) is 9.68. The molecule has 13 heavy (non-hydrogen) atoms. The third-order valence-corrected chi connectivity index (χ3v) is 1.55. The molecule has 0 aliphatic rings. The van der Waals surface area contributed by atoms with Crippen molar-refractivity contribution in [3.05, 3.63) is 0 Å². The van der Waals surface area contributed by atoms with Crippen molar-refractivity contribution in [2.45, 2.75) is 19.9 Å². The number of nitrogen functional groups attached to an aromatic ring is 1. The van der Waals surface area contributed by atoms with Crippen molar-refractivity contribution in [2.24, 2.45) is 0 Å². The Bertz CT molecular complexity index is 259. The molecule has 0 aliphatic heterocycles. The Morgan fingerprint density at radius 2 is 2.38 bits per heavy atom. The Labute approximate surface area is 76.8 Å². The van der Waals surface area contributed by atoms with Crippen molar-refractivity contribution in [1.29, 1.82) is 0 Å². The van der Waals surface area contributed by atoms with Crippen LogP contribution >= 0.6 is 0 Å². The molecule has 0 atom stereocenters. The number of nitrogens with zero attached hydrogens (tertiary/aromatic N) is 3. The molecule has 74 valence electrons. The van der Waals surface area contributed by atoms with Gasteiger partial charge in [0.1, 0.15) is 0 Å². The molecule has 0 amide bonds. The molecule has 0 aliphatic carbocycles. The molecular formula is C7H15N5O. The van der Waals surface area contributed by atoms with Gasteiger partial charge in [0.25, 0.3) is 0 Å². The first-order valence-corrected chi connectivity index (χ1v) is 4.33. The van der Waals surface area contributed by atoms with Crippen LogP contribution in [0.3, 0.4) is 0 Å². The molecule has 0 spiro atoms. The summed E-state index contributed by atoms with van der Waals surface area (Å²) in [4.78, 5) is 3.97. The van der Waals surface area contributed by atoms with Gasteiger partial charge in [-0.05, 0) is 6.42 Å². The largest absolute Gasteiger partial charge is 0.394 e. The van der Waals surface area contributed by atoms with Crippen molar-refractivity contribution >= 4 is 11.9 Å². The summed E-state index contributed by atoms with van der Waals surface area (Å²) < 4.78 is 1.47. The van der Waals surface area contributed by atoms with Gasteiger partial charge in [-0.2, -0.15) is 4.98 Å². The SMILES string of the molecule is CCCNc1nc(N)n(CCO)n1. The van der Waals surface area contributed by atoms with Gasteiger partial charge in [-0.25, -0.2) is 4.68 Å². The summed E-state index contributed by atoms with van der Waals surface area (Å²) in [7, 11) is 0. The monoisotopic (exact) mass is 185 g/mol. The average Bonchev–Trinajstić information content (AvgIpc) is 2.45. The smallest absolute Gasteiger partial charge is 0.243 e. The number of hydrogen-bond donors (Lipinski definition) is 3. The van der Waals surface area contributed by atoms with E-state index in [9.17, 15) is 0 Å². The molecular weight excluding hydrogens is 170 g/mol. The van der Waals surface area contributed by atoms with Crippen LogP contribution in [0.1, 0.15) is 13.3 Å². The van der Waals surface area contributed by atoms with Gasteiger partial charge in [0.05, 0.1) is 13.2 Å². The van der Waals surface area contributed by atoms with Crippen LogP contribution in [0.4, 0.5) is 11.9 Å². The maximum atomic E-state index is 8.66. The van der Waals surface area contributed by atoms with Crippen LogP contribution in [0.15, 0.2) is 0 Å². The summed E-state index contributed by atoms with van der Waals surface area (Å²) in [6, 6.07) is 0. The van der Waals surface area contributed by atoms with E-state index in [1.807, 2.05) is 0 Å². The fourth-order valence-electron chi connectivity index (χ4n) is 0.925. The van der Waals surface area contributed by atoms with E-state index in [1.165, 1.54) is 4.68 Å². The highest BCUT2D eigenvalue weighted by atomic mass is 16.3. The predicted octanol–water partition coefficient (Wildman–Crippen LogP) is -0.326. The molecule has 0 saturated heterocycles.